The number of likely N-dealkylation sites (N-methyl/N-ethyl adjacent to an activating group) is 1. The standard InChI is InChI=1S/C14H21Cl2NO3/c1-14(2,19)9-17(3)7-11(18)8-20-13-6-10(15)4-5-12(13)16/h4-6,11,18-19H,7-9H2,1-3H3. The Morgan fingerprint density at radius 3 is 2.60 bits per heavy atom. The lowest BCUT2D eigenvalue weighted by atomic mass is 10.1. The summed E-state index contributed by atoms with van der Waals surface area (Å²) < 4.78 is 5.45. The van der Waals surface area contributed by atoms with Gasteiger partial charge in [-0.1, -0.05) is 23.2 Å². The average molecular weight is 322 g/mol. The Kier molecular flexibility index (Phi) is 6.55. The van der Waals surface area contributed by atoms with Crippen LogP contribution >= 0.6 is 23.2 Å². The van der Waals surface area contributed by atoms with Crippen LogP contribution in [0.15, 0.2) is 18.2 Å². The summed E-state index contributed by atoms with van der Waals surface area (Å²) in [6.45, 7) is 4.40. The van der Waals surface area contributed by atoms with E-state index in [9.17, 15) is 10.2 Å². The molecule has 1 unspecified atom stereocenters. The van der Waals surface area contributed by atoms with E-state index in [-0.39, 0.29) is 6.61 Å². The van der Waals surface area contributed by atoms with Crippen LogP contribution < -0.4 is 4.74 Å². The van der Waals surface area contributed by atoms with Crippen LogP contribution in [0.1, 0.15) is 13.8 Å². The molecule has 1 atom stereocenters. The fourth-order valence-corrected chi connectivity index (χ4v) is 2.25. The molecule has 2 N–H and O–H groups in total. The van der Waals surface area contributed by atoms with Gasteiger partial charge in [0.25, 0.3) is 0 Å². The van der Waals surface area contributed by atoms with Crippen LogP contribution in [0.3, 0.4) is 0 Å². The number of rotatable bonds is 7. The monoisotopic (exact) mass is 321 g/mol. The molecule has 0 heterocycles. The largest absolute Gasteiger partial charge is 0.489 e. The van der Waals surface area contributed by atoms with Gasteiger partial charge in [0, 0.05) is 24.2 Å². The first-order valence-corrected chi connectivity index (χ1v) is 7.10. The van der Waals surface area contributed by atoms with Crippen LogP contribution in [0, 0.1) is 0 Å². The van der Waals surface area contributed by atoms with Crippen molar-refractivity contribution in [1.82, 2.24) is 4.90 Å². The van der Waals surface area contributed by atoms with Crippen molar-refractivity contribution in [2.24, 2.45) is 0 Å². The SMILES string of the molecule is CN(CC(O)COc1cc(Cl)ccc1Cl)CC(C)(C)O. The van der Waals surface area contributed by atoms with Crippen molar-refractivity contribution < 1.29 is 14.9 Å². The number of hydrogen-bond donors (Lipinski definition) is 2. The highest BCUT2D eigenvalue weighted by Crippen LogP contribution is 2.27. The number of nitrogens with zero attached hydrogens (tertiary/aromatic N) is 1. The van der Waals surface area contributed by atoms with Crippen molar-refractivity contribution in [3.8, 4) is 5.75 Å². The second kappa shape index (κ2) is 7.48. The van der Waals surface area contributed by atoms with Gasteiger partial charge in [-0.3, -0.25) is 0 Å². The van der Waals surface area contributed by atoms with Gasteiger partial charge < -0.3 is 19.8 Å². The molecule has 0 aromatic heterocycles. The minimum absolute atomic E-state index is 0.107. The topological polar surface area (TPSA) is 52.9 Å². The van der Waals surface area contributed by atoms with Gasteiger partial charge in [0.05, 0.1) is 10.6 Å². The molecular formula is C14H21Cl2NO3. The highest BCUT2D eigenvalue weighted by molar-refractivity contribution is 6.34. The first-order chi connectivity index (χ1) is 9.17. The maximum Gasteiger partial charge on any atom is 0.139 e. The molecule has 6 heteroatoms. The van der Waals surface area contributed by atoms with Crippen molar-refractivity contribution in [1.29, 1.82) is 0 Å². The Labute approximate surface area is 129 Å². The van der Waals surface area contributed by atoms with Gasteiger partial charge in [-0.25, -0.2) is 0 Å². The van der Waals surface area contributed by atoms with Gasteiger partial charge in [-0.05, 0) is 33.0 Å². The number of aliphatic hydroxyl groups excluding tert-OH is 1. The van der Waals surface area contributed by atoms with Gasteiger partial charge >= 0.3 is 0 Å². The molecule has 1 rings (SSSR count). The van der Waals surface area contributed by atoms with E-state index in [4.69, 9.17) is 27.9 Å². The number of halogens is 2. The van der Waals surface area contributed by atoms with Gasteiger partial charge in [-0.2, -0.15) is 0 Å². The average Bonchev–Trinajstić information content (AvgIpc) is 2.27. The van der Waals surface area contributed by atoms with E-state index >= 15 is 0 Å². The quantitative estimate of drug-likeness (QED) is 0.810. The minimum Gasteiger partial charge on any atom is -0.489 e. The summed E-state index contributed by atoms with van der Waals surface area (Å²) in [7, 11) is 1.83. The zero-order valence-corrected chi connectivity index (χ0v) is 13.4. The number of ether oxygens (including phenoxy) is 1. The molecule has 0 aliphatic rings. The van der Waals surface area contributed by atoms with Gasteiger partial charge in [0.15, 0.2) is 0 Å². The predicted octanol–water partition coefficient (Wildman–Crippen LogP) is 2.44. The smallest absolute Gasteiger partial charge is 0.139 e. The van der Waals surface area contributed by atoms with Crippen LogP contribution in [0.2, 0.25) is 10.0 Å². The van der Waals surface area contributed by atoms with Crippen LogP contribution in [0.4, 0.5) is 0 Å². The fraction of sp³-hybridized carbons (Fsp3) is 0.571. The molecule has 4 nitrogen and oxygen atoms in total. The molecule has 0 spiro atoms. The Balaban J connectivity index is 2.43. The molecule has 0 saturated carbocycles. The third-order valence-corrected chi connectivity index (χ3v) is 3.05. The molecule has 0 saturated heterocycles. The molecule has 0 amide bonds. The molecule has 0 fully saturated rings. The lowest BCUT2D eigenvalue weighted by Crippen LogP contribution is -2.41. The Hall–Kier alpha value is -0.520. The fourth-order valence-electron chi connectivity index (χ4n) is 1.91. The van der Waals surface area contributed by atoms with Crippen molar-refractivity contribution >= 4 is 23.2 Å². The van der Waals surface area contributed by atoms with Crippen molar-refractivity contribution in [3.05, 3.63) is 28.2 Å². The number of hydrogen-bond acceptors (Lipinski definition) is 4. The molecule has 0 aliphatic heterocycles. The molecule has 0 bridgehead atoms. The summed E-state index contributed by atoms with van der Waals surface area (Å²) in [5, 5.41) is 20.6. The highest BCUT2D eigenvalue weighted by atomic mass is 35.5. The van der Waals surface area contributed by atoms with Crippen LogP contribution in [-0.4, -0.2) is 53.6 Å². The Morgan fingerprint density at radius 2 is 2.00 bits per heavy atom. The van der Waals surface area contributed by atoms with E-state index in [1.165, 1.54) is 0 Å². The zero-order valence-electron chi connectivity index (χ0n) is 11.9. The minimum atomic E-state index is -0.800. The van der Waals surface area contributed by atoms with Gasteiger partial charge in [-0.15, -0.1) is 0 Å². The highest BCUT2D eigenvalue weighted by Gasteiger charge is 2.18. The molecule has 1 aromatic carbocycles. The maximum atomic E-state index is 9.91. The molecule has 1 aromatic rings. The van der Waals surface area contributed by atoms with Crippen LogP contribution in [0.5, 0.6) is 5.75 Å². The van der Waals surface area contributed by atoms with E-state index < -0.39 is 11.7 Å². The summed E-state index contributed by atoms with van der Waals surface area (Å²) in [6.07, 6.45) is -0.683. The zero-order chi connectivity index (χ0) is 15.3. The lowest BCUT2D eigenvalue weighted by molar-refractivity contribution is 0.0194. The molecule has 0 aliphatic carbocycles. The molecular weight excluding hydrogens is 301 g/mol. The lowest BCUT2D eigenvalue weighted by Gasteiger charge is -2.27. The van der Waals surface area contributed by atoms with E-state index in [0.717, 1.165) is 0 Å². The normalized spacial score (nSPS) is 13.6. The van der Waals surface area contributed by atoms with E-state index in [1.807, 2.05) is 11.9 Å². The predicted molar refractivity (Wildman–Crippen MR) is 81.8 cm³/mol. The number of benzene rings is 1. The third-order valence-electron chi connectivity index (χ3n) is 2.50. The number of aliphatic hydroxyl groups is 2. The molecule has 20 heavy (non-hydrogen) atoms. The summed E-state index contributed by atoms with van der Waals surface area (Å²) in [4.78, 5) is 1.84. The van der Waals surface area contributed by atoms with Gasteiger partial charge in [0.1, 0.15) is 18.5 Å². The first-order valence-electron chi connectivity index (χ1n) is 6.34. The van der Waals surface area contributed by atoms with Crippen molar-refractivity contribution in [2.75, 3.05) is 26.7 Å². The van der Waals surface area contributed by atoms with E-state index in [0.29, 0.717) is 28.9 Å². The van der Waals surface area contributed by atoms with Crippen molar-refractivity contribution in [3.63, 3.8) is 0 Å². The van der Waals surface area contributed by atoms with E-state index in [2.05, 4.69) is 0 Å². The second-order valence-electron chi connectivity index (χ2n) is 5.55. The van der Waals surface area contributed by atoms with Gasteiger partial charge in [0.2, 0.25) is 0 Å². The summed E-state index contributed by atoms with van der Waals surface area (Å²) in [5.41, 5.74) is -0.800. The van der Waals surface area contributed by atoms with E-state index in [1.54, 1.807) is 32.0 Å². The first kappa shape index (κ1) is 17.5. The second-order valence-corrected chi connectivity index (χ2v) is 6.39. The molecule has 114 valence electrons. The molecule has 0 radical (unpaired) electrons. The van der Waals surface area contributed by atoms with Crippen LogP contribution in [-0.2, 0) is 0 Å². The van der Waals surface area contributed by atoms with Crippen LogP contribution in [0.25, 0.3) is 0 Å². The Bertz CT molecular complexity index is 435. The van der Waals surface area contributed by atoms with Crippen molar-refractivity contribution in [2.45, 2.75) is 25.6 Å². The summed E-state index contributed by atoms with van der Waals surface area (Å²) in [6, 6.07) is 4.92. The summed E-state index contributed by atoms with van der Waals surface area (Å²) >= 11 is 11.8. The third kappa shape index (κ3) is 6.77. The Morgan fingerprint density at radius 1 is 1.35 bits per heavy atom. The summed E-state index contributed by atoms with van der Waals surface area (Å²) in [5.74, 6) is 0.448. The maximum absolute atomic E-state index is 9.91.